The quantitative estimate of drug-likeness (QED) is 0.543. The Morgan fingerprint density at radius 2 is 2.31 bits per heavy atom. The number of allylic oxidation sites excluding steroid dienone is 2. The fraction of sp³-hybridized carbons (Fsp3) is 0.0909. The van der Waals surface area contributed by atoms with Gasteiger partial charge in [-0.2, -0.15) is 0 Å². The van der Waals surface area contributed by atoms with Crippen LogP contribution in [0.1, 0.15) is 5.56 Å². The summed E-state index contributed by atoms with van der Waals surface area (Å²) >= 11 is 0. The van der Waals surface area contributed by atoms with Gasteiger partial charge in [0.15, 0.2) is 0 Å². The molecule has 2 nitrogen and oxygen atoms in total. The number of hydrogen-bond donors (Lipinski definition) is 2. The molecule has 0 aromatic heterocycles. The predicted molar refractivity (Wildman–Crippen MR) is 58.1 cm³/mol. The molecule has 1 rings (SSSR count). The predicted octanol–water partition coefficient (Wildman–Crippen LogP) is 2.02. The van der Waals surface area contributed by atoms with Crippen molar-refractivity contribution in [2.24, 2.45) is 0 Å². The molecule has 0 atom stereocenters. The number of nitrogens with one attached hydrogen (secondary N) is 1. The van der Waals surface area contributed by atoms with E-state index in [1.807, 2.05) is 37.5 Å². The van der Waals surface area contributed by atoms with Gasteiger partial charge in [0, 0.05) is 18.9 Å². The van der Waals surface area contributed by atoms with Gasteiger partial charge in [-0.25, -0.2) is 0 Å². The summed E-state index contributed by atoms with van der Waals surface area (Å²) in [5.74, 6) is 0. The van der Waals surface area contributed by atoms with Gasteiger partial charge >= 0.3 is 0 Å². The van der Waals surface area contributed by atoms with Crippen LogP contribution < -0.4 is 11.1 Å². The van der Waals surface area contributed by atoms with Crippen molar-refractivity contribution in [3.05, 3.63) is 48.7 Å². The SMILES string of the molecule is C=C/C(=C\NC)c1cccc(N)c1. The number of anilines is 1. The lowest BCUT2D eigenvalue weighted by molar-refractivity contribution is 1.11. The van der Waals surface area contributed by atoms with Crippen LogP contribution in [-0.4, -0.2) is 7.05 Å². The van der Waals surface area contributed by atoms with E-state index in [1.54, 1.807) is 6.08 Å². The summed E-state index contributed by atoms with van der Waals surface area (Å²) in [6, 6.07) is 7.72. The van der Waals surface area contributed by atoms with Crippen molar-refractivity contribution in [1.29, 1.82) is 0 Å². The number of rotatable bonds is 3. The molecular weight excluding hydrogens is 160 g/mol. The number of nitrogens with two attached hydrogens (primary N) is 1. The fourth-order valence-corrected chi connectivity index (χ4v) is 1.13. The summed E-state index contributed by atoms with van der Waals surface area (Å²) < 4.78 is 0. The molecule has 0 amide bonds. The molecule has 2 heteroatoms. The number of benzene rings is 1. The monoisotopic (exact) mass is 174 g/mol. The summed E-state index contributed by atoms with van der Waals surface area (Å²) in [6.07, 6.45) is 3.69. The van der Waals surface area contributed by atoms with Crippen LogP contribution in [0.4, 0.5) is 5.69 Å². The highest BCUT2D eigenvalue weighted by Crippen LogP contribution is 2.16. The third-order valence-electron chi connectivity index (χ3n) is 1.74. The van der Waals surface area contributed by atoms with E-state index in [0.29, 0.717) is 0 Å². The van der Waals surface area contributed by atoms with Crippen LogP contribution in [0.2, 0.25) is 0 Å². The van der Waals surface area contributed by atoms with E-state index in [2.05, 4.69) is 11.9 Å². The highest BCUT2D eigenvalue weighted by atomic mass is 14.8. The van der Waals surface area contributed by atoms with Gasteiger partial charge in [-0.1, -0.05) is 24.8 Å². The lowest BCUT2D eigenvalue weighted by atomic mass is 10.1. The average molecular weight is 174 g/mol. The number of hydrogen-bond acceptors (Lipinski definition) is 2. The molecule has 0 aliphatic rings. The first-order valence-electron chi connectivity index (χ1n) is 4.13. The van der Waals surface area contributed by atoms with Gasteiger partial charge in [-0.3, -0.25) is 0 Å². The highest BCUT2D eigenvalue weighted by Gasteiger charge is 1.96. The van der Waals surface area contributed by atoms with Crippen molar-refractivity contribution in [3.8, 4) is 0 Å². The van der Waals surface area contributed by atoms with Crippen LogP contribution in [0, 0.1) is 0 Å². The second kappa shape index (κ2) is 4.36. The van der Waals surface area contributed by atoms with E-state index in [1.165, 1.54) is 0 Å². The molecule has 0 unspecified atom stereocenters. The first kappa shape index (κ1) is 9.39. The zero-order valence-electron chi connectivity index (χ0n) is 7.75. The van der Waals surface area contributed by atoms with Crippen molar-refractivity contribution in [2.75, 3.05) is 12.8 Å². The Hall–Kier alpha value is -1.70. The van der Waals surface area contributed by atoms with Gasteiger partial charge in [0.25, 0.3) is 0 Å². The van der Waals surface area contributed by atoms with Crippen LogP contribution in [0.25, 0.3) is 5.57 Å². The molecule has 0 spiro atoms. The molecule has 68 valence electrons. The van der Waals surface area contributed by atoms with Gasteiger partial charge in [-0.05, 0) is 23.3 Å². The summed E-state index contributed by atoms with van der Waals surface area (Å²) in [5.41, 5.74) is 8.54. The van der Waals surface area contributed by atoms with Crippen molar-refractivity contribution < 1.29 is 0 Å². The summed E-state index contributed by atoms with van der Waals surface area (Å²) in [6.45, 7) is 3.74. The molecule has 0 radical (unpaired) electrons. The maximum atomic E-state index is 5.67. The third kappa shape index (κ3) is 2.37. The van der Waals surface area contributed by atoms with E-state index < -0.39 is 0 Å². The molecule has 0 aliphatic carbocycles. The first-order chi connectivity index (χ1) is 6.27. The van der Waals surface area contributed by atoms with Crippen LogP contribution in [0.5, 0.6) is 0 Å². The maximum absolute atomic E-state index is 5.67. The maximum Gasteiger partial charge on any atom is 0.0320 e. The Bertz CT molecular complexity index is 327. The van der Waals surface area contributed by atoms with Gasteiger partial charge in [0.1, 0.15) is 0 Å². The minimum Gasteiger partial charge on any atom is -0.399 e. The van der Waals surface area contributed by atoms with E-state index >= 15 is 0 Å². The number of nitrogen functional groups attached to an aromatic ring is 1. The Morgan fingerprint density at radius 1 is 1.54 bits per heavy atom. The molecule has 0 saturated carbocycles. The fourth-order valence-electron chi connectivity index (χ4n) is 1.13. The summed E-state index contributed by atoms with van der Waals surface area (Å²) in [7, 11) is 1.86. The molecule has 1 aromatic carbocycles. The zero-order chi connectivity index (χ0) is 9.68. The zero-order valence-corrected chi connectivity index (χ0v) is 7.75. The Kier molecular flexibility index (Phi) is 3.15. The largest absolute Gasteiger partial charge is 0.399 e. The van der Waals surface area contributed by atoms with E-state index in [9.17, 15) is 0 Å². The molecule has 1 aromatic rings. The van der Waals surface area contributed by atoms with Crippen LogP contribution in [0.3, 0.4) is 0 Å². The Morgan fingerprint density at radius 3 is 2.85 bits per heavy atom. The third-order valence-corrected chi connectivity index (χ3v) is 1.74. The molecule has 3 N–H and O–H groups in total. The normalized spacial score (nSPS) is 11.0. The molecule has 0 aliphatic heterocycles. The van der Waals surface area contributed by atoms with Crippen LogP contribution in [0.15, 0.2) is 43.1 Å². The van der Waals surface area contributed by atoms with Gasteiger partial charge in [0.2, 0.25) is 0 Å². The van der Waals surface area contributed by atoms with E-state index in [4.69, 9.17) is 5.73 Å². The van der Waals surface area contributed by atoms with Gasteiger partial charge in [0.05, 0.1) is 0 Å². The minimum atomic E-state index is 0.765. The second-order valence-electron chi connectivity index (χ2n) is 2.72. The Balaban J connectivity index is 3.05. The van der Waals surface area contributed by atoms with E-state index in [-0.39, 0.29) is 0 Å². The standard InChI is InChI=1S/C11H14N2/c1-3-9(8-13-2)10-5-4-6-11(12)7-10/h3-8,13H,1,12H2,2H3/b9-8+. The molecule has 0 bridgehead atoms. The molecule has 13 heavy (non-hydrogen) atoms. The topological polar surface area (TPSA) is 38.0 Å². The smallest absolute Gasteiger partial charge is 0.0320 e. The highest BCUT2D eigenvalue weighted by molar-refractivity contribution is 5.74. The minimum absolute atomic E-state index is 0.765. The molecular formula is C11H14N2. The second-order valence-corrected chi connectivity index (χ2v) is 2.72. The van der Waals surface area contributed by atoms with Crippen molar-refractivity contribution >= 4 is 11.3 Å². The molecule has 0 heterocycles. The van der Waals surface area contributed by atoms with Gasteiger partial charge in [-0.15, -0.1) is 0 Å². The van der Waals surface area contributed by atoms with Crippen molar-refractivity contribution in [1.82, 2.24) is 5.32 Å². The lowest BCUT2D eigenvalue weighted by Crippen LogP contribution is -1.95. The molecule has 0 fully saturated rings. The first-order valence-corrected chi connectivity index (χ1v) is 4.13. The van der Waals surface area contributed by atoms with Crippen molar-refractivity contribution in [2.45, 2.75) is 0 Å². The van der Waals surface area contributed by atoms with Crippen LogP contribution in [-0.2, 0) is 0 Å². The van der Waals surface area contributed by atoms with Crippen LogP contribution >= 0.6 is 0 Å². The molecule has 0 saturated heterocycles. The summed E-state index contributed by atoms with van der Waals surface area (Å²) in [4.78, 5) is 0. The van der Waals surface area contributed by atoms with E-state index in [0.717, 1.165) is 16.8 Å². The summed E-state index contributed by atoms with van der Waals surface area (Å²) in [5, 5.41) is 2.96. The van der Waals surface area contributed by atoms with Gasteiger partial charge < -0.3 is 11.1 Å². The lowest BCUT2D eigenvalue weighted by Gasteiger charge is -2.03. The Labute approximate surface area is 78.8 Å². The van der Waals surface area contributed by atoms with Crippen molar-refractivity contribution in [3.63, 3.8) is 0 Å². The average Bonchev–Trinajstić information content (AvgIpc) is 2.14.